The van der Waals surface area contributed by atoms with Crippen LogP contribution in [0.4, 0.5) is 13.2 Å². The Labute approximate surface area is 131 Å². The normalized spacial score (nSPS) is 20.4. The van der Waals surface area contributed by atoms with E-state index in [1.54, 1.807) is 13.0 Å². The summed E-state index contributed by atoms with van der Waals surface area (Å²) in [6, 6.07) is 4.32. The molecular weight excluding hydrogens is 307 g/mol. The molecule has 4 nitrogen and oxygen atoms in total. The summed E-state index contributed by atoms with van der Waals surface area (Å²) in [7, 11) is 0. The molecule has 23 heavy (non-hydrogen) atoms. The monoisotopic (exact) mass is 323 g/mol. The fourth-order valence-electron chi connectivity index (χ4n) is 2.68. The second-order valence-corrected chi connectivity index (χ2v) is 5.70. The molecule has 3 rings (SSSR count). The Bertz CT molecular complexity index is 764. The molecule has 7 heteroatoms. The highest BCUT2D eigenvalue weighted by Gasteiger charge is 2.42. The maximum absolute atomic E-state index is 13.8. The number of nitrogens with zero attached hydrogens (tertiary/aromatic N) is 1. The van der Waals surface area contributed by atoms with Gasteiger partial charge < -0.3 is 10.6 Å². The van der Waals surface area contributed by atoms with E-state index >= 15 is 0 Å². The van der Waals surface area contributed by atoms with E-state index < -0.39 is 23.7 Å². The summed E-state index contributed by atoms with van der Waals surface area (Å²) in [5, 5.41) is 5.80. The number of hydrogen-bond donors (Lipinski definition) is 2. The maximum atomic E-state index is 13.8. The average Bonchev–Trinajstić information content (AvgIpc) is 2.48. The Kier molecular flexibility index (Phi) is 3.97. The van der Waals surface area contributed by atoms with Crippen LogP contribution in [0.15, 0.2) is 24.3 Å². The average molecular weight is 323 g/mol. The van der Waals surface area contributed by atoms with E-state index in [4.69, 9.17) is 0 Å². The first-order valence-electron chi connectivity index (χ1n) is 7.33. The number of nitrogens with one attached hydrogen (secondary N) is 2. The molecule has 1 aliphatic heterocycles. The van der Waals surface area contributed by atoms with Crippen LogP contribution < -0.4 is 10.6 Å². The van der Waals surface area contributed by atoms with Crippen molar-refractivity contribution in [3.05, 3.63) is 41.3 Å². The number of aryl methyl sites for hydroxylation is 1. The summed E-state index contributed by atoms with van der Waals surface area (Å²) in [5.74, 6) is -3.97. The Balaban J connectivity index is 1.88. The summed E-state index contributed by atoms with van der Waals surface area (Å²) in [4.78, 5) is 16.5. The van der Waals surface area contributed by atoms with Gasteiger partial charge >= 0.3 is 0 Å². The third-order valence-corrected chi connectivity index (χ3v) is 4.01. The fourth-order valence-corrected chi connectivity index (χ4v) is 2.68. The van der Waals surface area contributed by atoms with Crippen LogP contribution in [0.25, 0.3) is 10.9 Å². The van der Waals surface area contributed by atoms with E-state index in [9.17, 15) is 18.0 Å². The lowest BCUT2D eigenvalue weighted by atomic mass is 10.0. The molecule has 2 heterocycles. The first-order chi connectivity index (χ1) is 10.9. The Morgan fingerprint density at radius 1 is 1.39 bits per heavy atom. The van der Waals surface area contributed by atoms with E-state index in [-0.39, 0.29) is 25.1 Å². The van der Waals surface area contributed by atoms with Crippen molar-refractivity contribution in [2.75, 3.05) is 13.1 Å². The molecule has 1 aliphatic rings. The van der Waals surface area contributed by atoms with Crippen LogP contribution in [-0.4, -0.2) is 35.9 Å². The molecular formula is C16H16F3N3O. The van der Waals surface area contributed by atoms with E-state index in [1.807, 2.05) is 0 Å². The number of hydrogen-bond acceptors (Lipinski definition) is 3. The van der Waals surface area contributed by atoms with Gasteiger partial charge in [-0.05, 0) is 25.1 Å². The molecule has 0 saturated carbocycles. The van der Waals surface area contributed by atoms with Crippen molar-refractivity contribution >= 4 is 16.8 Å². The molecule has 1 saturated heterocycles. The number of carbonyl (C=O) groups is 1. The second kappa shape index (κ2) is 5.81. The number of aromatic nitrogens is 1. The van der Waals surface area contributed by atoms with Gasteiger partial charge in [0.05, 0.1) is 16.8 Å². The largest absolute Gasteiger partial charge is 0.342 e. The predicted molar refractivity (Wildman–Crippen MR) is 80.1 cm³/mol. The molecule has 2 N–H and O–H groups in total. The first kappa shape index (κ1) is 15.7. The van der Waals surface area contributed by atoms with Gasteiger partial charge in [-0.1, -0.05) is 0 Å². The zero-order valence-corrected chi connectivity index (χ0v) is 12.5. The molecule has 1 atom stereocenters. The number of carbonyl (C=O) groups excluding carboxylic acids is 1. The number of benzene rings is 1. The number of pyridine rings is 1. The fraction of sp³-hybridized carbons (Fsp3) is 0.375. The Morgan fingerprint density at radius 3 is 2.91 bits per heavy atom. The molecule has 1 aromatic heterocycles. The molecule has 0 spiro atoms. The summed E-state index contributed by atoms with van der Waals surface area (Å²) in [6.45, 7) is 1.84. The minimum Gasteiger partial charge on any atom is -0.342 e. The quantitative estimate of drug-likeness (QED) is 0.892. The number of piperidine rings is 1. The number of fused-ring (bicyclic) bond motifs is 1. The van der Waals surface area contributed by atoms with Gasteiger partial charge in [0.1, 0.15) is 11.9 Å². The predicted octanol–water partition coefficient (Wildman–Crippen LogP) is 2.41. The van der Waals surface area contributed by atoms with Crippen LogP contribution in [0.3, 0.4) is 0 Å². The lowest BCUT2D eigenvalue weighted by Gasteiger charge is -2.32. The van der Waals surface area contributed by atoms with Gasteiger partial charge in [-0.3, -0.25) is 9.78 Å². The number of halogens is 3. The zero-order chi connectivity index (χ0) is 16.6. The van der Waals surface area contributed by atoms with E-state index in [0.717, 1.165) is 0 Å². The van der Waals surface area contributed by atoms with Crippen LogP contribution in [-0.2, 0) is 0 Å². The number of alkyl halides is 2. The molecule has 1 unspecified atom stereocenters. The Hall–Kier alpha value is -2.15. The van der Waals surface area contributed by atoms with Crippen LogP contribution in [0.5, 0.6) is 0 Å². The molecule has 122 valence electrons. The number of rotatable bonds is 2. The molecule has 0 radical (unpaired) electrons. The van der Waals surface area contributed by atoms with Gasteiger partial charge in [0, 0.05) is 31.0 Å². The van der Waals surface area contributed by atoms with Gasteiger partial charge in [0.2, 0.25) is 0 Å². The molecule has 1 amide bonds. The van der Waals surface area contributed by atoms with Gasteiger partial charge in [-0.2, -0.15) is 0 Å². The summed E-state index contributed by atoms with van der Waals surface area (Å²) in [5.41, 5.74) is 1.00. The molecule has 1 fully saturated rings. The second-order valence-electron chi connectivity index (χ2n) is 5.70. The SMILES string of the molecule is Cc1nc2cc(F)ccc2cc1C(=O)NC1CNCCC1(F)F. The smallest absolute Gasteiger partial charge is 0.270 e. The van der Waals surface area contributed by atoms with Gasteiger partial charge in [-0.15, -0.1) is 0 Å². The van der Waals surface area contributed by atoms with Crippen molar-refractivity contribution < 1.29 is 18.0 Å². The van der Waals surface area contributed by atoms with E-state index in [2.05, 4.69) is 15.6 Å². The van der Waals surface area contributed by atoms with Crippen molar-refractivity contribution in [2.24, 2.45) is 0 Å². The lowest BCUT2D eigenvalue weighted by Crippen LogP contribution is -2.57. The third-order valence-electron chi connectivity index (χ3n) is 4.01. The molecule has 0 bridgehead atoms. The summed E-state index contributed by atoms with van der Waals surface area (Å²) < 4.78 is 40.9. The summed E-state index contributed by atoms with van der Waals surface area (Å²) in [6.07, 6.45) is -0.313. The highest BCUT2D eigenvalue weighted by molar-refractivity contribution is 5.98. The van der Waals surface area contributed by atoms with Crippen molar-refractivity contribution in [1.82, 2.24) is 15.6 Å². The van der Waals surface area contributed by atoms with Crippen LogP contribution in [0, 0.1) is 12.7 Å². The first-order valence-corrected chi connectivity index (χ1v) is 7.33. The zero-order valence-electron chi connectivity index (χ0n) is 12.5. The van der Waals surface area contributed by atoms with E-state index in [0.29, 0.717) is 16.6 Å². The Morgan fingerprint density at radius 2 is 2.17 bits per heavy atom. The van der Waals surface area contributed by atoms with Gasteiger partial charge in [0.25, 0.3) is 11.8 Å². The number of amides is 1. The molecule has 1 aromatic carbocycles. The maximum Gasteiger partial charge on any atom is 0.270 e. The van der Waals surface area contributed by atoms with Gasteiger partial charge in [-0.25, -0.2) is 13.2 Å². The minimum atomic E-state index is -2.94. The lowest BCUT2D eigenvalue weighted by molar-refractivity contribution is -0.0542. The molecule has 0 aliphatic carbocycles. The van der Waals surface area contributed by atoms with Crippen molar-refractivity contribution in [3.63, 3.8) is 0 Å². The van der Waals surface area contributed by atoms with E-state index in [1.165, 1.54) is 18.2 Å². The standard InChI is InChI=1S/C16H16F3N3O/c1-9-12(6-10-2-3-11(17)7-13(10)21-9)15(23)22-14-8-20-5-4-16(14,18)19/h2-3,6-7,14,20H,4-5,8H2,1H3,(H,22,23). The van der Waals surface area contributed by atoms with Crippen LogP contribution in [0.1, 0.15) is 22.5 Å². The highest BCUT2D eigenvalue weighted by Crippen LogP contribution is 2.26. The highest BCUT2D eigenvalue weighted by atomic mass is 19.3. The molecule has 2 aromatic rings. The topological polar surface area (TPSA) is 54.0 Å². The third kappa shape index (κ3) is 3.14. The van der Waals surface area contributed by atoms with Gasteiger partial charge in [0.15, 0.2) is 0 Å². The van der Waals surface area contributed by atoms with Crippen molar-refractivity contribution in [3.8, 4) is 0 Å². The van der Waals surface area contributed by atoms with Crippen molar-refractivity contribution in [1.29, 1.82) is 0 Å². The van der Waals surface area contributed by atoms with Crippen LogP contribution in [0.2, 0.25) is 0 Å². The van der Waals surface area contributed by atoms with Crippen molar-refractivity contribution in [2.45, 2.75) is 25.3 Å². The van der Waals surface area contributed by atoms with Crippen LogP contribution >= 0.6 is 0 Å². The summed E-state index contributed by atoms with van der Waals surface area (Å²) >= 11 is 0. The minimum absolute atomic E-state index is 0.0179.